The van der Waals surface area contributed by atoms with Gasteiger partial charge in [0, 0.05) is 33.0 Å². The highest BCUT2D eigenvalue weighted by molar-refractivity contribution is 6.10. The lowest BCUT2D eigenvalue weighted by atomic mass is 9.72. The summed E-state index contributed by atoms with van der Waals surface area (Å²) >= 11 is 0. The molecule has 0 spiro atoms. The minimum atomic E-state index is -0.312. The maximum atomic E-state index is 10.5. The van der Waals surface area contributed by atoms with Crippen LogP contribution in [0.25, 0.3) is 49.7 Å². The van der Waals surface area contributed by atoms with E-state index in [1.807, 2.05) is 66.7 Å². The number of fused-ring (bicyclic) bond motifs is 5. The summed E-state index contributed by atoms with van der Waals surface area (Å²) in [6.07, 6.45) is 0. The van der Waals surface area contributed by atoms with E-state index < -0.39 is 0 Å². The van der Waals surface area contributed by atoms with Gasteiger partial charge >= 0.3 is 0 Å². The molecule has 0 N–H and O–H groups in total. The van der Waals surface area contributed by atoms with Crippen LogP contribution in [0.3, 0.4) is 0 Å². The minimum absolute atomic E-state index is 0.312. The van der Waals surface area contributed by atoms with Crippen LogP contribution >= 0.6 is 0 Å². The molecule has 1 aromatic heterocycles. The van der Waals surface area contributed by atoms with E-state index in [0.29, 0.717) is 16.7 Å². The lowest BCUT2D eigenvalue weighted by molar-refractivity contribution is 0.632. The van der Waals surface area contributed by atoms with Gasteiger partial charge in [-0.05, 0) is 95.1 Å². The average molecular weight is 678 g/mol. The van der Waals surface area contributed by atoms with Crippen LogP contribution in [0, 0.1) is 34.0 Å². The van der Waals surface area contributed by atoms with Crippen molar-refractivity contribution >= 4 is 38.9 Å². The first-order chi connectivity index (χ1) is 25.9. The van der Waals surface area contributed by atoms with Gasteiger partial charge in [-0.2, -0.15) is 15.8 Å². The number of benzene rings is 7. The standard InChI is InChI=1S/C48H31N5/c1-48(2)41-16-7-9-18-45(41)52(36-12-4-3-5-13-36)46-24-22-33(27-42(46)48)39-26-32(20-21-34(39)29-50)37-15-10-11-35(30-51)47(37)53-43-17-8-6-14-38(43)40-25-31(28-49)19-23-44(40)53/h3-27H,1-2H3. The van der Waals surface area contributed by atoms with Crippen LogP contribution in [0.1, 0.15) is 41.7 Å². The van der Waals surface area contributed by atoms with Gasteiger partial charge in [0.25, 0.3) is 0 Å². The SMILES string of the molecule is CC1(C)c2ccccc2N(c2ccccc2)c2ccc(-c3cc(-c4cccc(C#N)c4-n4c5ccccc5c5cc(C#N)ccc54)ccc3C#N)cc21. The fourth-order valence-corrected chi connectivity index (χ4v) is 8.17. The highest BCUT2D eigenvalue weighted by atomic mass is 15.2. The summed E-state index contributed by atoms with van der Waals surface area (Å²) < 4.78 is 2.13. The van der Waals surface area contributed by atoms with E-state index >= 15 is 0 Å². The molecule has 7 aromatic carbocycles. The fraction of sp³-hybridized carbons (Fsp3) is 0.0625. The maximum Gasteiger partial charge on any atom is 0.101 e. The maximum absolute atomic E-state index is 10.5. The quantitative estimate of drug-likeness (QED) is 0.186. The van der Waals surface area contributed by atoms with Crippen molar-refractivity contribution in [3.05, 3.63) is 179 Å². The van der Waals surface area contributed by atoms with E-state index in [2.05, 4.69) is 126 Å². The summed E-state index contributed by atoms with van der Waals surface area (Å²) in [7, 11) is 0. The molecule has 248 valence electrons. The summed E-state index contributed by atoms with van der Waals surface area (Å²) in [5.74, 6) is 0. The van der Waals surface area contributed by atoms with Crippen LogP contribution in [0.5, 0.6) is 0 Å². The van der Waals surface area contributed by atoms with E-state index in [0.717, 1.165) is 66.8 Å². The van der Waals surface area contributed by atoms with Gasteiger partial charge in [0.15, 0.2) is 0 Å². The lowest BCUT2D eigenvalue weighted by Gasteiger charge is -2.42. The Morgan fingerprint density at radius 2 is 1.19 bits per heavy atom. The smallest absolute Gasteiger partial charge is 0.101 e. The molecule has 53 heavy (non-hydrogen) atoms. The Bertz CT molecular complexity index is 2910. The Morgan fingerprint density at radius 1 is 0.491 bits per heavy atom. The zero-order valence-corrected chi connectivity index (χ0v) is 29.2. The molecule has 0 unspecified atom stereocenters. The molecule has 0 saturated heterocycles. The molecule has 1 aliphatic heterocycles. The van der Waals surface area contributed by atoms with Crippen molar-refractivity contribution in [2.45, 2.75) is 19.3 Å². The van der Waals surface area contributed by atoms with Gasteiger partial charge < -0.3 is 9.47 Å². The summed E-state index contributed by atoms with van der Waals surface area (Å²) in [5.41, 5.74) is 13.2. The monoisotopic (exact) mass is 677 g/mol. The third-order valence-corrected chi connectivity index (χ3v) is 10.7. The van der Waals surface area contributed by atoms with Gasteiger partial charge in [0.05, 0.1) is 56.9 Å². The van der Waals surface area contributed by atoms with Crippen LogP contribution in [0.15, 0.2) is 152 Å². The average Bonchev–Trinajstić information content (AvgIpc) is 3.54. The van der Waals surface area contributed by atoms with Crippen LogP contribution < -0.4 is 4.90 Å². The number of nitrogens with zero attached hydrogens (tertiary/aromatic N) is 5. The number of nitriles is 3. The van der Waals surface area contributed by atoms with Crippen molar-refractivity contribution in [3.8, 4) is 46.1 Å². The number of anilines is 3. The second-order valence-electron chi connectivity index (χ2n) is 13.9. The van der Waals surface area contributed by atoms with E-state index in [1.54, 1.807) is 0 Å². The highest BCUT2D eigenvalue weighted by Crippen LogP contribution is 2.52. The number of para-hydroxylation sites is 4. The Kier molecular flexibility index (Phi) is 7.23. The topological polar surface area (TPSA) is 79.5 Å². The normalized spacial score (nSPS) is 12.8. The molecule has 0 saturated carbocycles. The molecule has 0 fully saturated rings. The predicted octanol–water partition coefficient (Wildman–Crippen LogP) is 11.8. The number of hydrogen-bond acceptors (Lipinski definition) is 4. The number of hydrogen-bond donors (Lipinski definition) is 0. The first-order valence-corrected chi connectivity index (χ1v) is 17.5. The molecule has 1 aliphatic rings. The van der Waals surface area contributed by atoms with Crippen molar-refractivity contribution in [1.82, 2.24) is 4.57 Å². The van der Waals surface area contributed by atoms with Crippen LogP contribution in [0.4, 0.5) is 17.1 Å². The molecule has 0 bridgehead atoms. The third kappa shape index (κ3) is 4.82. The summed E-state index contributed by atoms with van der Waals surface area (Å²) in [6, 6.07) is 58.3. The van der Waals surface area contributed by atoms with Gasteiger partial charge in [-0.3, -0.25) is 0 Å². The molecule has 0 atom stereocenters. The van der Waals surface area contributed by atoms with Gasteiger partial charge in [-0.25, -0.2) is 0 Å². The number of rotatable bonds is 4. The first kappa shape index (κ1) is 31.6. The molecule has 0 amide bonds. The van der Waals surface area contributed by atoms with E-state index in [9.17, 15) is 15.8 Å². The van der Waals surface area contributed by atoms with Crippen molar-refractivity contribution in [1.29, 1.82) is 15.8 Å². The fourth-order valence-electron chi connectivity index (χ4n) is 8.17. The second kappa shape index (κ2) is 12.1. The highest BCUT2D eigenvalue weighted by Gasteiger charge is 2.37. The molecule has 9 rings (SSSR count). The van der Waals surface area contributed by atoms with Crippen molar-refractivity contribution in [2.75, 3.05) is 4.90 Å². The minimum Gasteiger partial charge on any atom is -0.310 e. The van der Waals surface area contributed by atoms with Gasteiger partial charge in [0.2, 0.25) is 0 Å². The zero-order valence-electron chi connectivity index (χ0n) is 29.2. The second-order valence-corrected chi connectivity index (χ2v) is 13.9. The van der Waals surface area contributed by atoms with E-state index in [4.69, 9.17) is 0 Å². The van der Waals surface area contributed by atoms with Crippen molar-refractivity contribution in [3.63, 3.8) is 0 Å². The van der Waals surface area contributed by atoms with E-state index in [-0.39, 0.29) is 5.41 Å². The molecule has 0 radical (unpaired) electrons. The summed E-state index contributed by atoms with van der Waals surface area (Å²) in [6.45, 7) is 4.53. The Morgan fingerprint density at radius 3 is 2.00 bits per heavy atom. The number of aromatic nitrogens is 1. The molecule has 2 heterocycles. The van der Waals surface area contributed by atoms with Crippen molar-refractivity contribution < 1.29 is 0 Å². The van der Waals surface area contributed by atoms with E-state index in [1.165, 1.54) is 11.1 Å². The lowest BCUT2D eigenvalue weighted by Crippen LogP contribution is -2.30. The van der Waals surface area contributed by atoms with Gasteiger partial charge in [0.1, 0.15) is 6.07 Å². The summed E-state index contributed by atoms with van der Waals surface area (Å²) in [4.78, 5) is 2.33. The molecule has 5 heteroatoms. The Hall–Kier alpha value is -7.39. The Labute approximate surface area is 308 Å². The largest absolute Gasteiger partial charge is 0.310 e. The van der Waals surface area contributed by atoms with Crippen LogP contribution in [-0.2, 0) is 5.41 Å². The van der Waals surface area contributed by atoms with Gasteiger partial charge in [-0.15, -0.1) is 0 Å². The molecular formula is C48H31N5. The zero-order chi connectivity index (χ0) is 36.3. The molecule has 5 nitrogen and oxygen atoms in total. The predicted molar refractivity (Wildman–Crippen MR) is 213 cm³/mol. The third-order valence-electron chi connectivity index (χ3n) is 10.7. The molecule has 0 aliphatic carbocycles. The van der Waals surface area contributed by atoms with Crippen LogP contribution in [-0.4, -0.2) is 4.57 Å². The van der Waals surface area contributed by atoms with Crippen molar-refractivity contribution in [2.24, 2.45) is 0 Å². The first-order valence-electron chi connectivity index (χ1n) is 17.5. The van der Waals surface area contributed by atoms with Crippen LogP contribution in [0.2, 0.25) is 0 Å². The van der Waals surface area contributed by atoms with Gasteiger partial charge in [-0.1, -0.05) is 92.7 Å². The molecular weight excluding hydrogens is 647 g/mol. The Balaban J connectivity index is 1.26. The summed E-state index contributed by atoms with van der Waals surface area (Å²) in [5, 5.41) is 32.6. The molecule has 8 aromatic rings.